The average Bonchev–Trinajstić information content (AvgIpc) is 3.17. The summed E-state index contributed by atoms with van der Waals surface area (Å²) in [6, 6.07) is 47.9. The maximum Gasteiger partial charge on any atom is 0.161 e. The molecule has 0 aliphatic carbocycles. The van der Waals surface area contributed by atoms with Gasteiger partial charge in [-0.2, -0.15) is 0 Å². The van der Waals surface area contributed by atoms with Gasteiger partial charge in [-0.3, -0.25) is 0 Å². The molecule has 6 aromatic rings. The molecule has 50 heavy (non-hydrogen) atoms. The highest BCUT2D eigenvalue weighted by atomic mass is 16.6. The van der Waals surface area contributed by atoms with Gasteiger partial charge in [-0.1, -0.05) is 127 Å². The van der Waals surface area contributed by atoms with Crippen molar-refractivity contribution >= 4 is 0 Å². The summed E-state index contributed by atoms with van der Waals surface area (Å²) in [5.74, 6) is 1.67. The quantitative estimate of drug-likeness (QED) is 0.127. The van der Waals surface area contributed by atoms with Crippen LogP contribution in [0.3, 0.4) is 0 Å². The van der Waals surface area contributed by atoms with E-state index < -0.39 is 18.3 Å². The Morgan fingerprint density at radius 2 is 1.02 bits per heavy atom. The van der Waals surface area contributed by atoms with Gasteiger partial charge >= 0.3 is 0 Å². The van der Waals surface area contributed by atoms with E-state index in [0.29, 0.717) is 40.7 Å². The number of hydrogen-bond acceptors (Lipinski definition) is 7. The van der Waals surface area contributed by atoms with E-state index in [0.717, 1.165) is 22.3 Å². The first-order chi connectivity index (χ1) is 24.6. The van der Waals surface area contributed by atoms with Crippen molar-refractivity contribution in [2.45, 2.75) is 44.7 Å². The average molecular weight is 667 g/mol. The van der Waals surface area contributed by atoms with Crippen LogP contribution in [0, 0.1) is 0 Å². The predicted octanol–water partition coefficient (Wildman–Crippen LogP) is 8.88. The Kier molecular flexibility index (Phi) is 10.2. The van der Waals surface area contributed by atoms with Crippen molar-refractivity contribution in [3.63, 3.8) is 0 Å². The lowest BCUT2D eigenvalue weighted by molar-refractivity contribution is -0.117. The van der Waals surface area contributed by atoms with Crippen molar-refractivity contribution in [3.8, 4) is 28.7 Å². The molecule has 0 amide bonds. The molecule has 1 aliphatic rings. The second-order valence-electron chi connectivity index (χ2n) is 12.1. The third-order valence-corrected chi connectivity index (χ3v) is 8.56. The van der Waals surface area contributed by atoms with Gasteiger partial charge in [0.05, 0.1) is 12.2 Å². The van der Waals surface area contributed by atoms with Crippen LogP contribution in [0.5, 0.6) is 28.7 Å². The van der Waals surface area contributed by atoms with Crippen LogP contribution in [-0.2, 0) is 31.2 Å². The van der Waals surface area contributed by atoms with Gasteiger partial charge in [0.15, 0.2) is 17.6 Å². The summed E-state index contributed by atoms with van der Waals surface area (Å²) in [7, 11) is 0. The van der Waals surface area contributed by atoms with Crippen LogP contribution in [0.4, 0.5) is 0 Å². The molecule has 1 aliphatic heterocycles. The first-order valence-electron chi connectivity index (χ1n) is 16.6. The van der Waals surface area contributed by atoms with Crippen molar-refractivity contribution in [2.75, 3.05) is 0 Å². The number of ether oxygens (including phenoxy) is 5. The molecular formula is C43H38O7. The number of fused-ring (bicyclic) bond motifs is 1. The first kappa shape index (κ1) is 32.8. The van der Waals surface area contributed by atoms with Crippen LogP contribution in [0.25, 0.3) is 0 Å². The molecule has 252 valence electrons. The monoisotopic (exact) mass is 666 g/mol. The van der Waals surface area contributed by atoms with Gasteiger partial charge in [-0.05, 0) is 39.9 Å². The Labute approximate surface area is 291 Å². The number of phenols is 1. The topological polar surface area (TPSA) is 86.6 Å². The smallest absolute Gasteiger partial charge is 0.161 e. The molecule has 0 bridgehead atoms. The molecule has 0 fully saturated rings. The summed E-state index contributed by atoms with van der Waals surface area (Å²) in [6.45, 7) is 1.13. The SMILES string of the molecule is Oc1ccc(C2Oc3cc(OCc4ccccc4)cc(OCc4ccccc4)c3C(O)C2OCc2ccccc2)cc1OCc1ccccc1. The molecule has 0 saturated carbocycles. The predicted molar refractivity (Wildman–Crippen MR) is 190 cm³/mol. The molecule has 0 aromatic heterocycles. The minimum absolute atomic E-state index is 0.00334. The van der Waals surface area contributed by atoms with Gasteiger partial charge in [0.25, 0.3) is 0 Å². The van der Waals surface area contributed by atoms with Crippen molar-refractivity contribution in [2.24, 2.45) is 0 Å². The van der Waals surface area contributed by atoms with Crippen LogP contribution in [-0.4, -0.2) is 16.3 Å². The maximum absolute atomic E-state index is 12.2. The van der Waals surface area contributed by atoms with Gasteiger partial charge in [0, 0.05) is 12.1 Å². The molecule has 7 heteroatoms. The van der Waals surface area contributed by atoms with E-state index in [1.165, 1.54) is 0 Å². The molecule has 0 saturated heterocycles. The van der Waals surface area contributed by atoms with Crippen LogP contribution < -0.4 is 18.9 Å². The van der Waals surface area contributed by atoms with Crippen molar-refractivity contribution in [1.29, 1.82) is 0 Å². The van der Waals surface area contributed by atoms with E-state index >= 15 is 0 Å². The summed E-state index contributed by atoms with van der Waals surface area (Å²) in [5, 5.41) is 22.9. The third kappa shape index (κ3) is 7.92. The molecule has 1 heterocycles. The molecule has 3 unspecified atom stereocenters. The fraction of sp³-hybridized carbons (Fsp3) is 0.163. The largest absolute Gasteiger partial charge is 0.504 e. The highest BCUT2D eigenvalue weighted by Crippen LogP contribution is 2.49. The fourth-order valence-corrected chi connectivity index (χ4v) is 5.94. The maximum atomic E-state index is 12.2. The van der Waals surface area contributed by atoms with E-state index in [9.17, 15) is 10.2 Å². The second-order valence-corrected chi connectivity index (χ2v) is 12.1. The highest BCUT2D eigenvalue weighted by Gasteiger charge is 2.42. The number of aliphatic hydroxyl groups excluding tert-OH is 1. The number of hydrogen-bond donors (Lipinski definition) is 2. The van der Waals surface area contributed by atoms with Gasteiger partial charge in [0.2, 0.25) is 0 Å². The van der Waals surface area contributed by atoms with E-state index in [-0.39, 0.29) is 25.6 Å². The molecule has 7 rings (SSSR count). The lowest BCUT2D eigenvalue weighted by Gasteiger charge is -2.38. The van der Waals surface area contributed by atoms with Crippen LogP contribution in [0.1, 0.15) is 45.6 Å². The summed E-state index contributed by atoms with van der Waals surface area (Å²) in [5.41, 5.74) is 5.04. The first-order valence-corrected chi connectivity index (χ1v) is 16.6. The molecule has 7 nitrogen and oxygen atoms in total. The number of phenolic OH excluding ortho intramolecular Hbond substituents is 1. The molecule has 2 N–H and O–H groups in total. The van der Waals surface area contributed by atoms with Crippen LogP contribution >= 0.6 is 0 Å². The van der Waals surface area contributed by atoms with Crippen LogP contribution in [0.15, 0.2) is 152 Å². The Hall–Kier alpha value is -5.76. The minimum Gasteiger partial charge on any atom is -0.504 e. The fourth-order valence-electron chi connectivity index (χ4n) is 5.94. The van der Waals surface area contributed by atoms with Crippen molar-refractivity contribution in [1.82, 2.24) is 0 Å². The molecule has 3 atom stereocenters. The van der Waals surface area contributed by atoms with E-state index in [2.05, 4.69) is 0 Å². The van der Waals surface area contributed by atoms with Crippen molar-refractivity contribution in [3.05, 3.63) is 185 Å². The van der Waals surface area contributed by atoms with E-state index in [1.807, 2.05) is 121 Å². The lowest BCUT2D eigenvalue weighted by atomic mass is 9.91. The van der Waals surface area contributed by atoms with E-state index in [4.69, 9.17) is 23.7 Å². The van der Waals surface area contributed by atoms with Gasteiger partial charge in [-0.25, -0.2) is 0 Å². The Morgan fingerprint density at radius 1 is 0.520 bits per heavy atom. The number of aromatic hydroxyl groups is 1. The van der Waals surface area contributed by atoms with Gasteiger partial charge < -0.3 is 33.9 Å². The normalized spacial score (nSPS) is 16.5. The molecular weight excluding hydrogens is 628 g/mol. The van der Waals surface area contributed by atoms with Crippen molar-refractivity contribution < 1.29 is 33.9 Å². The number of benzene rings is 6. The zero-order valence-electron chi connectivity index (χ0n) is 27.4. The standard InChI is InChI=1S/C43H38O7/c44-36-22-21-34(23-37(36)47-27-31-15-7-2-8-16-31)42-43(49-29-33-19-11-4-12-20-33)41(45)40-38(48-28-32-17-9-3-10-18-32)24-35(25-39(40)50-42)46-26-30-13-5-1-6-14-30/h1-25,41-45H,26-29H2. The summed E-state index contributed by atoms with van der Waals surface area (Å²) in [4.78, 5) is 0. The molecule has 6 aromatic carbocycles. The number of aliphatic hydroxyl groups is 1. The summed E-state index contributed by atoms with van der Waals surface area (Å²) < 4.78 is 31.9. The molecule has 0 radical (unpaired) electrons. The summed E-state index contributed by atoms with van der Waals surface area (Å²) >= 11 is 0. The van der Waals surface area contributed by atoms with Crippen LogP contribution in [0.2, 0.25) is 0 Å². The second kappa shape index (κ2) is 15.6. The van der Waals surface area contributed by atoms with Gasteiger partial charge in [0.1, 0.15) is 49.3 Å². The zero-order chi connectivity index (χ0) is 34.1. The minimum atomic E-state index is -1.14. The Balaban J connectivity index is 1.24. The highest BCUT2D eigenvalue weighted by molar-refractivity contribution is 5.55. The third-order valence-electron chi connectivity index (χ3n) is 8.56. The number of rotatable bonds is 13. The van der Waals surface area contributed by atoms with Gasteiger partial charge in [-0.15, -0.1) is 0 Å². The summed E-state index contributed by atoms with van der Waals surface area (Å²) in [6.07, 6.45) is -2.75. The lowest BCUT2D eigenvalue weighted by Crippen LogP contribution is -2.37. The van der Waals surface area contributed by atoms with E-state index in [1.54, 1.807) is 30.3 Å². The molecule has 0 spiro atoms. The Bertz CT molecular complexity index is 1970. The zero-order valence-corrected chi connectivity index (χ0v) is 27.4. The Morgan fingerprint density at radius 3 is 1.58 bits per heavy atom.